The van der Waals surface area contributed by atoms with Gasteiger partial charge in [0.15, 0.2) is 0 Å². The monoisotopic (exact) mass is 354 g/mol. The molecule has 3 atom stereocenters. The van der Waals surface area contributed by atoms with Gasteiger partial charge in [-0.2, -0.15) is 0 Å². The van der Waals surface area contributed by atoms with Crippen LogP contribution in [0.2, 0.25) is 0 Å². The summed E-state index contributed by atoms with van der Waals surface area (Å²) in [5.74, 6) is 0.493. The molecule has 6 nitrogen and oxygen atoms in total. The number of likely N-dealkylation sites (tertiary alicyclic amines) is 2. The Labute approximate surface area is 154 Å². The van der Waals surface area contributed by atoms with E-state index in [2.05, 4.69) is 26.9 Å². The van der Waals surface area contributed by atoms with Crippen LogP contribution in [0.4, 0.5) is 0 Å². The van der Waals surface area contributed by atoms with Gasteiger partial charge in [-0.25, -0.2) is 0 Å². The highest BCUT2D eigenvalue weighted by molar-refractivity contribution is 5.93. The number of nitrogens with zero attached hydrogens (tertiary/aromatic N) is 4. The first kappa shape index (κ1) is 17.2. The Morgan fingerprint density at radius 1 is 1.27 bits per heavy atom. The van der Waals surface area contributed by atoms with Crippen LogP contribution in [-0.2, 0) is 18.3 Å². The Morgan fingerprint density at radius 3 is 2.77 bits per heavy atom. The number of rotatable bonds is 4. The minimum Gasteiger partial charge on any atom is -0.381 e. The number of carbonyl (C=O) groups is 1. The second-order valence-corrected chi connectivity index (χ2v) is 7.35. The smallest absolute Gasteiger partial charge is 0.270 e. The predicted octanol–water partition coefficient (Wildman–Crippen LogP) is 1.78. The molecule has 2 aliphatic heterocycles. The van der Waals surface area contributed by atoms with Crippen LogP contribution in [0.3, 0.4) is 0 Å². The Balaban J connectivity index is 1.54. The lowest BCUT2D eigenvalue weighted by Crippen LogP contribution is -2.53. The van der Waals surface area contributed by atoms with Crippen LogP contribution in [0.5, 0.6) is 0 Å². The van der Waals surface area contributed by atoms with Crippen molar-refractivity contribution in [2.24, 2.45) is 13.0 Å². The van der Waals surface area contributed by atoms with Gasteiger partial charge in [0.05, 0.1) is 12.1 Å². The maximum atomic E-state index is 13.1. The van der Waals surface area contributed by atoms with Crippen molar-refractivity contribution in [2.45, 2.75) is 25.1 Å². The number of amides is 1. The lowest BCUT2D eigenvalue weighted by atomic mass is 9.88. The molecule has 0 bridgehead atoms. The number of carbonyl (C=O) groups excluding carboxylic acids is 1. The van der Waals surface area contributed by atoms with Crippen LogP contribution < -0.4 is 0 Å². The standard InChI is InChI=1S/C20H26N4O2/c1-22-10-3-4-17(22)20(25)24-11-7-19(26-2)16-13-23(14-18(16)24)12-15-5-8-21-9-6-15/h3-6,8-10,16,18-19H,7,11-14H2,1-2H3/t16-,18+,19+/m0/s1. The molecule has 0 saturated carbocycles. The van der Waals surface area contributed by atoms with E-state index in [9.17, 15) is 4.79 Å². The fraction of sp³-hybridized carbons (Fsp3) is 0.500. The molecule has 0 aromatic carbocycles. The van der Waals surface area contributed by atoms with E-state index in [0.717, 1.165) is 38.3 Å². The summed E-state index contributed by atoms with van der Waals surface area (Å²) in [5.41, 5.74) is 2.01. The quantitative estimate of drug-likeness (QED) is 0.840. The zero-order valence-corrected chi connectivity index (χ0v) is 15.4. The first-order chi connectivity index (χ1) is 12.7. The van der Waals surface area contributed by atoms with Gasteiger partial charge in [0.2, 0.25) is 0 Å². The summed E-state index contributed by atoms with van der Waals surface area (Å²) in [4.78, 5) is 21.7. The third-order valence-corrected chi connectivity index (χ3v) is 5.82. The second-order valence-electron chi connectivity index (χ2n) is 7.35. The summed E-state index contributed by atoms with van der Waals surface area (Å²) in [7, 11) is 3.72. The van der Waals surface area contributed by atoms with Crippen LogP contribution >= 0.6 is 0 Å². The molecule has 1 amide bonds. The van der Waals surface area contributed by atoms with Crippen molar-refractivity contribution in [3.8, 4) is 0 Å². The molecular formula is C20H26N4O2. The number of ether oxygens (including phenoxy) is 1. The summed E-state index contributed by atoms with van der Waals surface area (Å²) in [6.07, 6.45) is 6.72. The van der Waals surface area contributed by atoms with E-state index < -0.39 is 0 Å². The average Bonchev–Trinajstić information content (AvgIpc) is 3.27. The zero-order valence-electron chi connectivity index (χ0n) is 15.4. The number of piperidine rings is 1. The van der Waals surface area contributed by atoms with Crippen molar-refractivity contribution in [3.05, 3.63) is 54.1 Å². The molecule has 0 N–H and O–H groups in total. The van der Waals surface area contributed by atoms with Gasteiger partial charge in [-0.15, -0.1) is 0 Å². The molecule has 2 aromatic rings. The van der Waals surface area contributed by atoms with Gasteiger partial charge in [-0.05, 0) is 36.2 Å². The molecule has 0 spiro atoms. The molecule has 2 saturated heterocycles. The van der Waals surface area contributed by atoms with E-state index in [1.807, 2.05) is 42.3 Å². The Bertz CT molecular complexity index is 760. The summed E-state index contributed by atoms with van der Waals surface area (Å²) in [5, 5.41) is 0. The van der Waals surface area contributed by atoms with E-state index >= 15 is 0 Å². The fourth-order valence-electron chi connectivity index (χ4n) is 4.49. The minimum absolute atomic E-state index is 0.132. The molecule has 6 heteroatoms. The zero-order chi connectivity index (χ0) is 18.1. The number of aromatic nitrogens is 2. The van der Waals surface area contributed by atoms with E-state index in [-0.39, 0.29) is 18.1 Å². The molecule has 2 aromatic heterocycles. The fourth-order valence-corrected chi connectivity index (χ4v) is 4.49. The van der Waals surface area contributed by atoms with Crippen LogP contribution in [0, 0.1) is 5.92 Å². The van der Waals surface area contributed by atoms with E-state index in [0.29, 0.717) is 5.92 Å². The maximum absolute atomic E-state index is 13.1. The van der Waals surface area contributed by atoms with Crippen LogP contribution in [0.1, 0.15) is 22.5 Å². The van der Waals surface area contributed by atoms with Gasteiger partial charge < -0.3 is 14.2 Å². The second kappa shape index (κ2) is 7.21. The molecule has 4 heterocycles. The Morgan fingerprint density at radius 2 is 2.08 bits per heavy atom. The van der Waals surface area contributed by atoms with Crippen molar-refractivity contribution in [2.75, 3.05) is 26.7 Å². The lowest BCUT2D eigenvalue weighted by Gasteiger charge is -2.41. The topological polar surface area (TPSA) is 50.6 Å². The third-order valence-electron chi connectivity index (χ3n) is 5.82. The van der Waals surface area contributed by atoms with Gasteiger partial charge in [-0.3, -0.25) is 14.7 Å². The summed E-state index contributed by atoms with van der Waals surface area (Å²) in [6, 6.07) is 8.16. The number of methoxy groups -OCH3 is 1. The van der Waals surface area contributed by atoms with Gasteiger partial charge in [0, 0.05) is 64.8 Å². The van der Waals surface area contributed by atoms with Gasteiger partial charge >= 0.3 is 0 Å². The molecule has 138 valence electrons. The van der Waals surface area contributed by atoms with Crippen molar-refractivity contribution in [1.82, 2.24) is 19.4 Å². The van der Waals surface area contributed by atoms with E-state index in [4.69, 9.17) is 4.74 Å². The Kier molecular flexibility index (Phi) is 4.78. The van der Waals surface area contributed by atoms with Crippen molar-refractivity contribution < 1.29 is 9.53 Å². The number of fused-ring (bicyclic) bond motifs is 1. The third kappa shape index (κ3) is 3.15. The summed E-state index contributed by atoms with van der Waals surface area (Å²) >= 11 is 0. The van der Waals surface area contributed by atoms with Crippen LogP contribution in [0.15, 0.2) is 42.9 Å². The highest BCUT2D eigenvalue weighted by Gasteiger charge is 2.46. The average molecular weight is 354 g/mol. The molecule has 26 heavy (non-hydrogen) atoms. The lowest BCUT2D eigenvalue weighted by molar-refractivity contribution is -0.0159. The van der Waals surface area contributed by atoms with Gasteiger partial charge in [-0.1, -0.05) is 0 Å². The van der Waals surface area contributed by atoms with Gasteiger partial charge in [0.1, 0.15) is 5.69 Å². The SMILES string of the molecule is CO[C@@H]1CCN(C(=O)c2cccn2C)[C@@H]2CN(Cc3ccncc3)C[C@@H]21. The molecule has 2 fully saturated rings. The predicted molar refractivity (Wildman–Crippen MR) is 98.7 cm³/mol. The van der Waals surface area contributed by atoms with E-state index in [1.54, 1.807) is 7.11 Å². The molecule has 4 rings (SSSR count). The first-order valence-corrected chi connectivity index (χ1v) is 9.23. The molecule has 0 aliphatic carbocycles. The number of pyridine rings is 1. The minimum atomic E-state index is 0.132. The summed E-state index contributed by atoms with van der Waals surface area (Å²) < 4.78 is 7.67. The van der Waals surface area contributed by atoms with Crippen LogP contribution in [0.25, 0.3) is 0 Å². The molecular weight excluding hydrogens is 328 g/mol. The molecule has 0 radical (unpaired) electrons. The number of hydrogen-bond donors (Lipinski definition) is 0. The van der Waals surface area contributed by atoms with Crippen LogP contribution in [-0.4, -0.2) is 64.1 Å². The van der Waals surface area contributed by atoms with Crippen molar-refractivity contribution >= 4 is 5.91 Å². The number of aryl methyl sites for hydroxylation is 1. The van der Waals surface area contributed by atoms with Crippen molar-refractivity contribution in [1.29, 1.82) is 0 Å². The van der Waals surface area contributed by atoms with Crippen molar-refractivity contribution in [3.63, 3.8) is 0 Å². The maximum Gasteiger partial charge on any atom is 0.270 e. The largest absolute Gasteiger partial charge is 0.381 e. The highest BCUT2D eigenvalue weighted by atomic mass is 16.5. The molecule has 2 aliphatic rings. The molecule has 0 unspecified atom stereocenters. The van der Waals surface area contributed by atoms with E-state index in [1.165, 1.54) is 5.56 Å². The number of hydrogen-bond acceptors (Lipinski definition) is 4. The highest BCUT2D eigenvalue weighted by Crippen LogP contribution is 2.34. The van der Waals surface area contributed by atoms with Gasteiger partial charge in [0.25, 0.3) is 5.91 Å². The normalized spacial score (nSPS) is 26.1. The Hall–Kier alpha value is -2.18. The summed E-state index contributed by atoms with van der Waals surface area (Å²) in [6.45, 7) is 3.50. The first-order valence-electron chi connectivity index (χ1n) is 9.23.